The highest BCUT2D eigenvalue weighted by Crippen LogP contribution is 2.24. The van der Waals surface area contributed by atoms with Crippen molar-refractivity contribution in [2.45, 2.75) is 66.4 Å². The maximum Gasteiger partial charge on any atom is 0.187 e. The van der Waals surface area contributed by atoms with Crippen molar-refractivity contribution in [2.75, 3.05) is 6.61 Å². The lowest BCUT2D eigenvalue weighted by molar-refractivity contribution is -0.121. The van der Waals surface area contributed by atoms with E-state index in [4.69, 9.17) is 4.74 Å². The van der Waals surface area contributed by atoms with E-state index in [-0.39, 0.29) is 16.7 Å². The molecule has 0 aliphatic heterocycles. The van der Waals surface area contributed by atoms with Crippen LogP contribution in [-0.2, 0) is 9.53 Å². The number of carbonyl (C=O) groups is 1. The van der Waals surface area contributed by atoms with Crippen molar-refractivity contribution in [3.63, 3.8) is 0 Å². The Kier molecular flexibility index (Phi) is 6.46. The molecule has 0 radical (unpaired) electrons. The van der Waals surface area contributed by atoms with Gasteiger partial charge in [-0.2, -0.15) is 0 Å². The minimum Gasteiger partial charge on any atom is -0.376 e. The Morgan fingerprint density at radius 1 is 1.18 bits per heavy atom. The largest absolute Gasteiger partial charge is 0.376 e. The molecule has 100 valence electrons. The van der Waals surface area contributed by atoms with E-state index in [1.807, 2.05) is 13.8 Å². The Hall–Kier alpha value is -0.305. The average molecular weight is 240 g/mol. The van der Waals surface area contributed by atoms with E-state index in [1.165, 1.54) is 6.42 Å². The van der Waals surface area contributed by atoms with Gasteiger partial charge in [-0.15, -0.1) is 0 Å². The molecule has 0 spiro atoms. The fourth-order valence-electron chi connectivity index (χ4n) is 1.47. The number of hydrogen-bond acceptors (Lipinski definition) is 2. The molecule has 0 unspecified atom stereocenters. The van der Waals surface area contributed by atoms with Gasteiger partial charge in [0.2, 0.25) is 0 Å². The first-order valence-corrected chi connectivity index (χ1v) is 6.72. The van der Waals surface area contributed by atoms with Gasteiger partial charge in [0.15, 0.2) is 7.85 Å². The predicted molar refractivity (Wildman–Crippen MR) is 76.1 cm³/mol. The van der Waals surface area contributed by atoms with Crippen molar-refractivity contribution < 1.29 is 9.53 Å². The molecule has 0 aliphatic carbocycles. The van der Waals surface area contributed by atoms with Crippen molar-refractivity contribution in [3.05, 3.63) is 0 Å². The van der Waals surface area contributed by atoms with Gasteiger partial charge in [-0.25, -0.2) is 0 Å². The molecular weight excluding hydrogens is 211 g/mol. The van der Waals surface area contributed by atoms with Crippen LogP contribution in [0.3, 0.4) is 0 Å². The van der Waals surface area contributed by atoms with Gasteiger partial charge in [-0.1, -0.05) is 27.7 Å². The monoisotopic (exact) mass is 240 g/mol. The molecule has 2 nitrogen and oxygen atoms in total. The smallest absolute Gasteiger partial charge is 0.187 e. The quantitative estimate of drug-likeness (QED) is 0.610. The first-order valence-electron chi connectivity index (χ1n) is 6.72. The van der Waals surface area contributed by atoms with Crippen LogP contribution in [0.5, 0.6) is 0 Å². The van der Waals surface area contributed by atoms with Gasteiger partial charge in [0.1, 0.15) is 0 Å². The molecule has 0 N–H and O–H groups in total. The Morgan fingerprint density at radius 3 is 2.12 bits per heavy atom. The zero-order valence-corrected chi connectivity index (χ0v) is 12.7. The topological polar surface area (TPSA) is 26.3 Å². The van der Waals surface area contributed by atoms with Crippen LogP contribution in [0.25, 0.3) is 0 Å². The molecule has 0 saturated heterocycles. The number of rotatable bonds is 8. The molecule has 0 bridgehead atoms. The van der Waals surface area contributed by atoms with E-state index in [0.717, 1.165) is 12.8 Å². The maximum absolute atomic E-state index is 11.4. The molecule has 0 aromatic carbocycles. The Balaban J connectivity index is 3.98. The second-order valence-electron chi connectivity index (χ2n) is 6.73. The van der Waals surface area contributed by atoms with Crippen LogP contribution in [0, 0.1) is 11.3 Å². The summed E-state index contributed by atoms with van der Waals surface area (Å²) in [7, 11) is 1.66. The molecule has 0 rings (SSSR count). The van der Waals surface area contributed by atoms with Crippen LogP contribution in [0.4, 0.5) is 0 Å². The molecule has 0 amide bonds. The highest BCUT2D eigenvalue weighted by Gasteiger charge is 2.25. The Labute approximate surface area is 108 Å². The van der Waals surface area contributed by atoms with Crippen molar-refractivity contribution in [3.8, 4) is 0 Å². The third-order valence-electron chi connectivity index (χ3n) is 3.50. The van der Waals surface area contributed by atoms with Gasteiger partial charge in [0.05, 0.1) is 11.3 Å². The van der Waals surface area contributed by atoms with E-state index >= 15 is 0 Å². The third kappa shape index (κ3) is 7.59. The Bertz CT molecular complexity index is 245. The van der Waals surface area contributed by atoms with Crippen LogP contribution >= 0.6 is 0 Å². The predicted octanol–water partition coefficient (Wildman–Crippen LogP) is 2.79. The second kappa shape index (κ2) is 6.58. The molecule has 0 aromatic heterocycles. The minimum atomic E-state index is -0.256. The summed E-state index contributed by atoms with van der Waals surface area (Å²) in [6.07, 6.45) is 3.06. The fraction of sp³-hybridized carbons (Fsp3) is 0.929. The summed E-state index contributed by atoms with van der Waals surface area (Å²) in [6, 6.07) is 0. The van der Waals surface area contributed by atoms with Gasteiger partial charge >= 0.3 is 0 Å². The molecule has 0 heterocycles. The van der Waals surface area contributed by atoms with Crippen molar-refractivity contribution in [1.29, 1.82) is 0 Å². The summed E-state index contributed by atoms with van der Waals surface area (Å²) in [5.74, 6) is 0.714. The van der Waals surface area contributed by atoms with Crippen LogP contribution in [0.15, 0.2) is 0 Å². The van der Waals surface area contributed by atoms with Crippen LogP contribution in [-0.4, -0.2) is 25.7 Å². The van der Waals surface area contributed by atoms with E-state index in [2.05, 4.69) is 27.7 Å². The summed E-state index contributed by atoms with van der Waals surface area (Å²) in [5, 5.41) is 0. The molecule has 0 aliphatic rings. The lowest BCUT2D eigenvalue weighted by atomic mass is 9.75. The zero-order valence-electron chi connectivity index (χ0n) is 12.7. The van der Waals surface area contributed by atoms with E-state index in [1.54, 1.807) is 7.85 Å². The van der Waals surface area contributed by atoms with Crippen molar-refractivity contribution in [2.24, 2.45) is 11.3 Å². The van der Waals surface area contributed by atoms with E-state index in [9.17, 15) is 4.79 Å². The van der Waals surface area contributed by atoms with Gasteiger partial charge in [0, 0.05) is 12.0 Å². The normalized spacial score (nSPS) is 13.1. The maximum atomic E-state index is 11.4. The lowest BCUT2D eigenvalue weighted by Gasteiger charge is -2.29. The summed E-state index contributed by atoms with van der Waals surface area (Å²) < 4.78 is 5.91. The first-order chi connectivity index (χ1) is 7.57. The molecule has 0 aromatic rings. The molecule has 0 fully saturated rings. The molecular formula is C14H29BO2. The Morgan fingerprint density at radius 2 is 1.71 bits per heavy atom. The van der Waals surface area contributed by atoms with Gasteiger partial charge in [0.25, 0.3) is 0 Å². The summed E-state index contributed by atoms with van der Waals surface area (Å²) >= 11 is 0. The first kappa shape index (κ1) is 16.7. The average Bonchev–Trinajstić information content (AvgIpc) is 2.14. The number of hydrogen-bond donors (Lipinski definition) is 0. The standard InChI is InChI=1S/C14H29BO2/c1-11(2)7-8-14(5,6)17-10-9-13(3,4)12(15)16/h11H,7-10,15H2,1-6H3. The van der Waals surface area contributed by atoms with Gasteiger partial charge in [-0.05, 0) is 39.0 Å². The van der Waals surface area contributed by atoms with E-state index in [0.29, 0.717) is 12.5 Å². The van der Waals surface area contributed by atoms with Gasteiger partial charge < -0.3 is 9.53 Å². The molecule has 0 saturated carbocycles. The highest BCUT2D eigenvalue weighted by atomic mass is 16.5. The van der Waals surface area contributed by atoms with Crippen LogP contribution in [0.2, 0.25) is 0 Å². The zero-order chi connectivity index (χ0) is 13.7. The van der Waals surface area contributed by atoms with Crippen LogP contribution in [0.1, 0.15) is 60.8 Å². The second-order valence-corrected chi connectivity index (χ2v) is 6.73. The fourth-order valence-corrected chi connectivity index (χ4v) is 1.47. The lowest BCUT2D eigenvalue weighted by Crippen LogP contribution is -2.30. The van der Waals surface area contributed by atoms with Crippen LogP contribution < -0.4 is 0 Å². The SMILES string of the molecule is BC(=O)C(C)(C)CCOC(C)(C)CCC(C)C. The highest BCUT2D eigenvalue weighted by molar-refractivity contribution is 6.58. The molecule has 3 heteroatoms. The van der Waals surface area contributed by atoms with Crippen molar-refractivity contribution in [1.82, 2.24) is 0 Å². The minimum absolute atomic E-state index is 0.0723. The number of ether oxygens (including phenoxy) is 1. The number of carbonyl (C=O) groups excluding carboxylic acids is 1. The molecule has 17 heavy (non-hydrogen) atoms. The summed E-state index contributed by atoms with van der Waals surface area (Å²) in [6.45, 7) is 13.4. The van der Waals surface area contributed by atoms with Crippen molar-refractivity contribution >= 4 is 13.5 Å². The van der Waals surface area contributed by atoms with Gasteiger partial charge in [-0.3, -0.25) is 0 Å². The molecule has 0 atom stereocenters. The summed E-state index contributed by atoms with van der Waals surface area (Å²) in [4.78, 5) is 11.4. The van der Waals surface area contributed by atoms with E-state index < -0.39 is 0 Å². The summed E-state index contributed by atoms with van der Waals surface area (Å²) in [5.41, 5.74) is -0.0910. The third-order valence-corrected chi connectivity index (χ3v) is 3.50.